The number of nitrogens with zero attached hydrogens (tertiary/aromatic N) is 2. The zero-order valence-corrected chi connectivity index (χ0v) is 9.10. The SMILES string of the molecule is C[C@@H](NCC(=O)NCC#N)c1ccncc1. The minimum Gasteiger partial charge on any atom is -0.342 e. The smallest absolute Gasteiger partial charge is 0.234 e. The molecule has 2 N–H and O–H groups in total. The molecule has 0 radical (unpaired) electrons. The molecule has 1 aromatic heterocycles. The maximum Gasteiger partial charge on any atom is 0.234 e. The Bertz CT molecular complexity index is 371. The third kappa shape index (κ3) is 4.07. The van der Waals surface area contributed by atoms with E-state index in [1.165, 1.54) is 0 Å². The average Bonchev–Trinajstić information content (AvgIpc) is 2.34. The summed E-state index contributed by atoms with van der Waals surface area (Å²) in [5.74, 6) is -0.178. The zero-order valence-electron chi connectivity index (χ0n) is 9.10. The van der Waals surface area contributed by atoms with Crippen molar-refractivity contribution < 1.29 is 4.79 Å². The molecule has 1 amide bonds. The lowest BCUT2D eigenvalue weighted by Gasteiger charge is -2.13. The number of rotatable bonds is 5. The van der Waals surface area contributed by atoms with Crippen LogP contribution in [-0.2, 0) is 4.79 Å². The third-order valence-electron chi connectivity index (χ3n) is 2.14. The van der Waals surface area contributed by atoms with Crippen LogP contribution in [0.5, 0.6) is 0 Å². The van der Waals surface area contributed by atoms with Gasteiger partial charge in [-0.25, -0.2) is 0 Å². The Labute approximate surface area is 94.5 Å². The summed E-state index contributed by atoms with van der Waals surface area (Å²) in [7, 11) is 0. The van der Waals surface area contributed by atoms with Crippen LogP contribution in [0.1, 0.15) is 18.5 Å². The van der Waals surface area contributed by atoms with E-state index in [9.17, 15) is 4.79 Å². The Kier molecular flexibility index (Phi) is 4.96. The summed E-state index contributed by atoms with van der Waals surface area (Å²) in [6.07, 6.45) is 3.42. The lowest BCUT2D eigenvalue weighted by molar-refractivity contribution is -0.120. The third-order valence-corrected chi connectivity index (χ3v) is 2.14. The van der Waals surface area contributed by atoms with Crippen LogP contribution in [0.25, 0.3) is 0 Å². The van der Waals surface area contributed by atoms with E-state index in [-0.39, 0.29) is 25.0 Å². The minimum absolute atomic E-state index is 0.0458. The molecule has 1 aromatic rings. The van der Waals surface area contributed by atoms with Crippen LogP contribution in [0.2, 0.25) is 0 Å². The summed E-state index contributed by atoms with van der Waals surface area (Å²) in [4.78, 5) is 15.1. The van der Waals surface area contributed by atoms with Crippen LogP contribution in [0.4, 0.5) is 0 Å². The number of pyridine rings is 1. The maximum atomic E-state index is 11.2. The Morgan fingerprint density at radius 3 is 2.88 bits per heavy atom. The van der Waals surface area contributed by atoms with Crippen LogP contribution in [0.15, 0.2) is 24.5 Å². The molecule has 0 unspecified atom stereocenters. The predicted molar refractivity (Wildman–Crippen MR) is 59.3 cm³/mol. The van der Waals surface area contributed by atoms with E-state index in [1.807, 2.05) is 25.1 Å². The van der Waals surface area contributed by atoms with Gasteiger partial charge in [-0.05, 0) is 24.6 Å². The molecule has 84 valence electrons. The molecule has 0 aliphatic carbocycles. The summed E-state index contributed by atoms with van der Waals surface area (Å²) in [6, 6.07) is 5.72. The van der Waals surface area contributed by atoms with Crippen molar-refractivity contribution >= 4 is 5.91 Å². The first-order valence-corrected chi connectivity index (χ1v) is 5.01. The van der Waals surface area contributed by atoms with Crippen LogP contribution >= 0.6 is 0 Å². The van der Waals surface area contributed by atoms with E-state index in [0.29, 0.717) is 0 Å². The van der Waals surface area contributed by atoms with Crippen molar-refractivity contribution in [3.63, 3.8) is 0 Å². The second-order valence-corrected chi connectivity index (χ2v) is 3.32. The van der Waals surface area contributed by atoms with E-state index in [2.05, 4.69) is 15.6 Å². The van der Waals surface area contributed by atoms with Gasteiger partial charge in [-0.1, -0.05) is 0 Å². The van der Waals surface area contributed by atoms with Gasteiger partial charge in [0, 0.05) is 18.4 Å². The first-order valence-electron chi connectivity index (χ1n) is 5.01. The van der Waals surface area contributed by atoms with E-state index in [1.54, 1.807) is 12.4 Å². The molecule has 1 atom stereocenters. The molecule has 1 heterocycles. The number of hydrogen-bond donors (Lipinski definition) is 2. The molecule has 0 aliphatic rings. The lowest BCUT2D eigenvalue weighted by Crippen LogP contribution is -2.35. The van der Waals surface area contributed by atoms with Gasteiger partial charge in [-0.3, -0.25) is 9.78 Å². The Balaban J connectivity index is 2.33. The van der Waals surface area contributed by atoms with Crippen molar-refractivity contribution in [2.24, 2.45) is 0 Å². The fourth-order valence-electron chi connectivity index (χ4n) is 1.22. The number of nitriles is 1. The molecule has 0 aromatic carbocycles. The molecule has 16 heavy (non-hydrogen) atoms. The topological polar surface area (TPSA) is 77.8 Å². The zero-order chi connectivity index (χ0) is 11.8. The molecule has 0 spiro atoms. The van der Waals surface area contributed by atoms with Crippen LogP contribution in [0.3, 0.4) is 0 Å². The number of carbonyl (C=O) groups excluding carboxylic acids is 1. The second-order valence-electron chi connectivity index (χ2n) is 3.32. The summed E-state index contributed by atoms with van der Waals surface area (Å²) in [5.41, 5.74) is 1.07. The second kappa shape index (κ2) is 6.53. The van der Waals surface area contributed by atoms with Crippen LogP contribution < -0.4 is 10.6 Å². The van der Waals surface area contributed by atoms with Gasteiger partial charge in [0.15, 0.2) is 0 Å². The van der Waals surface area contributed by atoms with E-state index in [0.717, 1.165) is 5.56 Å². The quantitative estimate of drug-likeness (QED) is 0.700. The maximum absolute atomic E-state index is 11.2. The molecule has 0 aliphatic heterocycles. The average molecular weight is 218 g/mol. The minimum atomic E-state index is -0.178. The van der Waals surface area contributed by atoms with Crippen molar-refractivity contribution in [1.82, 2.24) is 15.6 Å². The van der Waals surface area contributed by atoms with Crippen molar-refractivity contribution in [1.29, 1.82) is 5.26 Å². The highest BCUT2D eigenvalue weighted by Crippen LogP contribution is 2.09. The highest BCUT2D eigenvalue weighted by molar-refractivity contribution is 5.78. The van der Waals surface area contributed by atoms with Gasteiger partial charge in [0.2, 0.25) is 5.91 Å². The monoisotopic (exact) mass is 218 g/mol. The summed E-state index contributed by atoms with van der Waals surface area (Å²) in [6.45, 7) is 2.21. The van der Waals surface area contributed by atoms with Crippen molar-refractivity contribution in [3.8, 4) is 6.07 Å². The predicted octanol–water partition coefficient (Wildman–Crippen LogP) is 0.372. The molecule has 1 rings (SSSR count). The molecular formula is C11H14N4O. The highest BCUT2D eigenvalue weighted by Gasteiger charge is 2.06. The summed E-state index contributed by atoms with van der Waals surface area (Å²) < 4.78 is 0. The van der Waals surface area contributed by atoms with Crippen molar-refractivity contribution in [3.05, 3.63) is 30.1 Å². The molecule has 0 bridgehead atoms. The number of carbonyl (C=O) groups is 1. The summed E-state index contributed by atoms with van der Waals surface area (Å²) >= 11 is 0. The normalized spacial score (nSPS) is 11.5. The van der Waals surface area contributed by atoms with Gasteiger partial charge in [0.1, 0.15) is 6.54 Å². The van der Waals surface area contributed by atoms with Crippen LogP contribution in [-0.4, -0.2) is 24.0 Å². The van der Waals surface area contributed by atoms with E-state index in [4.69, 9.17) is 5.26 Å². The fourth-order valence-corrected chi connectivity index (χ4v) is 1.22. The Morgan fingerprint density at radius 2 is 2.25 bits per heavy atom. The first-order chi connectivity index (χ1) is 7.74. The molecule has 0 saturated heterocycles. The molecule has 5 nitrogen and oxygen atoms in total. The first kappa shape index (κ1) is 12.1. The van der Waals surface area contributed by atoms with Gasteiger partial charge in [0.25, 0.3) is 0 Å². The Hall–Kier alpha value is -1.93. The van der Waals surface area contributed by atoms with Gasteiger partial charge in [-0.15, -0.1) is 0 Å². The van der Waals surface area contributed by atoms with Gasteiger partial charge >= 0.3 is 0 Å². The van der Waals surface area contributed by atoms with Crippen LogP contribution in [0, 0.1) is 11.3 Å². The summed E-state index contributed by atoms with van der Waals surface area (Å²) in [5, 5.41) is 13.8. The fraction of sp³-hybridized carbons (Fsp3) is 0.364. The highest BCUT2D eigenvalue weighted by atomic mass is 16.1. The molecule has 0 fully saturated rings. The van der Waals surface area contributed by atoms with Gasteiger partial charge in [0.05, 0.1) is 12.6 Å². The Morgan fingerprint density at radius 1 is 1.56 bits per heavy atom. The van der Waals surface area contributed by atoms with Gasteiger partial charge < -0.3 is 10.6 Å². The number of hydrogen-bond acceptors (Lipinski definition) is 4. The number of aromatic nitrogens is 1. The number of nitrogens with one attached hydrogen (secondary N) is 2. The lowest BCUT2D eigenvalue weighted by atomic mass is 10.1. The molecule has 5 heteroatoms. The molecule has 0 saturated carbocycles. The van der Waals surface area contributed by atoms with E-state index >= 15 is 0 Å². The molecular weight excluding hydrogens is 204 g/mol. The largest absolute Gasteiger partial charge is 0.342 e. The number of amides is 1. The van der Waals surface area contributed by atoms with Crippen molar-refractivity contribution in [2.75, 3.05) is 13.1 Å². The standard InChI is InChI=1S/C11H14N4O/c1-9(10-2-5-13-6-3-10)15-8-11(16)14-7-4-12/h2-3,5-6,9,15H,7-8H2,1H3,(H,14,16)/t9-/m1/s1. The van der Waals surface area contributed by atoms with Crippen molar-refractivity contribution in [2.45, 2.75) is 13.0 Å². The van der Waals surface area contributed by atoms with Gasteiger partial charge in [-0.2, -0.15) is 5.26 Å². The van der Waals surface area contributed by atoms with E-state index < -0.39 is 0 Å².